The Morgan fingerprint density at radius 2 is 0.667 bits per heavy atom. The molecule has 0 saturated carbocycles. The molecule has 0 aliphatic heterocycles. The second kappa shape index (κ2) is 21.2. The molecule has 0 bridgehead atoms. The molecular weight excluding hydrogens is 588 g/mol. The van der Waals surface area contributed by atoms with Crippen molar-refractivity contribution < 1.29 is 66.2 Å². The SMILES string of the molecule is CCCOCCOCC(COCCOCCOS(C)(=O)=O)(COCCOS(C)(=O)=O)COCCOS(C)(=O)=O. The van der Waals surface area contributed by atoms with E-state index in [1.54, 1.807) is 0 Å². The lowest BCUT2D eigenvalue weighted by Gasteiger charge is -2.33. The summed E-state index contributed by atoms with van der Waals surface area (Å²) in [4.78, 5) is 0. The minimum absolute atomic E-state index is 0.0327. The fourth-order valence-electron chi connectivity index (χ4n) is 2.72. The monoisotopic (exact) mass is 632 g/mol. The van der Waals surface area contributed by atoms with E-state index in [-0.39, 0.29) is 79.3 Å². The van der Waals surface area contributed by atoms with E-state index in [9.17, 15) is 25.3 Å². The van der Waals surface area contributed by atoms with Gasteiger partial charge in [-0.05, 0) is 6.42 Å². The second-order valence-corrected chi connectivity index (χ2v) is 13.4. The first-order valence-corrected chi connectivity index (χ1v) is 17.6. The summed E-state index contributed by atoms with van der Waals surface area (Å²) in [6.45, 7) is 3.30. The summed E-state index contributed by atoms with van der Waals surface area (Å²) < 4.78 is 114. The van der Waals surface area contributed by atoms with Gasteiger partial charge in [0.25, 0.3) is 30.4 Å². The average Bonchev–Trinajstić information content (AvgIpc) is 2.80. The maximum Gasteiger partial charge on any atom is 0.264 e. The fraction of sp³-hybridized carbons (Fsp3) is 1.00. The molecule has 0 aromatic rings. The first-order chi connectivity index (χ1) is 18.2. The van der Waals surface area contributed by atoms with E-state index in [4.69, 9.17) is 36.8 Å². The van der Waals surface area contributed by atoms with Crippen LogP contribution in [0.3, 0.4) is 0 Å². The van der Waals surface area contributed by atoms with Crippen LogP contribution in [0, 0.1) is 5.41 Å². The van der Waals surface area contributed by atoms with E-state index in [2.05, 4.69) is 4.18 Å². The molecule has 0 aromatic heterocycles. The molecule has 0 saturated heterocycles. The molecule has 0 aromatic carbocycles. The molecule has 0 atom stereocenters. The molecule has 0 heterocycles. The van der Waals surface area contributed by atoms with E-state index < -0.39 is 35.8 Å². The highest BCUT2D eigenvalue weighted by molar-refractivity contribution is 7.86. The van der Waals surface area contributed by atoms with Crippen LogP contribution >= 0.6 is 0 Å². The zero-order valence-corrected chi connectivity index (χ0v) is 25.6. The van der Waals surface area contributed by atoms with Crippen LogP contribution in [0.2, 0.25) is 0 Å². The fourth-order valence-corrected chi connectivity index (χ4v) is 3.83. The van der Waals surface area contributed by atoms with Crippen molar-refractivity contribution >= 4 is 30.4 Å². The normalized spacial score (nSPS) is 13.2. The Balaban J connectivity index is 5.02. The Labute approximate surface area is 233 Å². The average molecular weight is 633 g/mol. The maximum absolute atomic E-state index is 11.2. The molecular formula is C21H44O15S3. The van der Waals surface area contributed by atoms with Crippen molar-refractivity contribution in [3.05, 3.63) is 0 Å². The standard InChI is InChI=1S/C21H44O15S3/c1-5-6-28-7-9-30-17-21(19-32-12-15-35-38(3,24)25,20-33-13-16-36-39(4,26)27)18-31-10-8-29-11-14-34-37(2,22)23/h5-20H2,1-4H3. The summed E-state index contributed by atoms with van der Waals surface area (Å²) in [7, 11) is -10.8. The lowest BCUT2D eigenvalue weighted by Crippen LogP contribution is -2.43. The second-order valence-electron chi connectivity index (χ2n) is 8.51. The van der Waals surface area contributed by atoms with Crippen molar-refractivity contribution in [1.82, 2.24) is 0 Å². The van der Waals surface area contributed by atoms with E-state index >= 15 is 0 Å². The zero-order chi connectivity index (χ0) is 29.7. The van der Waals surface area contributed by atoms with Crippen LogP contribution in [0.1, 0.15) is 13.3 Å². The number of hydrogen-bond donors (Lipinski definition) is 0. The van der Waals surface area contributed by atoms with Gasteiger partial charge in [-0.1, -0.05) is 6.92 Å². The lowest BCUT2D eigenvalue weighted by molar-refractivity contribution is -0.117. The molecule has 0 amide bonds. The Hall–Kier alpha value is -0.510. The van der Waals surface area contributed by atoms with E-state index in [1.807, 2.05) is 6.92 Å². The molecule has 18 heteroatoms. The van der Waals surface area contributed by atoms with Crippen LogP contribution in [0.15, 0.2) is 0 Å². The highest BCUT2D eigenvalue weighted by Crippen LogP contribution is 2.21. The minimum Gasteiger partial charge on any atom is -0.379 e. The topological polar surface area (TPSA) is 185 Å². The Morgan fingerprint density at radius 3 is 0.974 bits per heavy atom. The third kappa shape index (κ3) is 27.4. The van der Waals surface area contributed by atoms with Gasteiger partial charge in [0, 0.05) is 6.61 Å². The quantitative estimate of drug-likeness (QED) is 0.0786. The summed E-state index contributed by atoms with van der Waals surface area (Å²) in [5, 5.41) is 0. The molecule has 39 heavy (non-hydrogen) atoms. The molecule has 0 aliphatic carbocycles. The van der Waals surface area contributed by atoms with Gasteiger partial charge in [0.2, 0.25) is 0 Å². The van der Waals surface area contributed by atoms with Crippen LogP contribution in [0.25, 0.3) is 0 Å². The van der Waals surface area contributed by atoms with Gasteiger partial charge in [-0.25, -0.2) is 0 Å². The van der Waals surface area contributed by atoms with Crippen LogP contribution in [-0.4, -0.2) is 143 Å². The molecule has 0 N–H and O–H groups in total. The van der Waals surface area contributed by atoms with Gasteiger partial charge in [0.15, 0.2) is 0 Å². The molecule has 0 unspecified atom stereocenters. The van der Waals surface area contributed by atoms with Crippen molar-refractivity contribution in [2.45, 2.75) is 13.3 Å². The van der Waals surface area contributed by atoms with Gasteiger partial charge in [-0.15, -0.1) is 0 Å². The third-order valence-corrected chi connectivity index (χ3v) is 6.09. The third-order valence-electron chi connectivity index (χ3n) is 4.30. The lowest BCUT2D eigenvalue weighted by atomic mass is 9.92. The number of rotatable bonds is 28. The predicted molar refractivity (Wildman–Crippen MR) is 140 cm³/mol. The van der Waals surface area contributed by atoms with Crippen molar-refractivity contribution in [3.8, 4) is 0 Å². The van der Waals surface area contributed by atoms with Gasteiger partial charge in [-0.2, -0.15) is 25.3 Å². The largest absolute Gasteiger partial charge is 0.379 e. The van der Waals surface area contributed by atoms with Crippen LogP contribution in [-0.2, 0) is 71.3 Å². The molecule has 0 spiro atoms. The first kappa shape index (κ1) is 38.5. The van der Waals surface area contributed by atoms with Gasteiger partial charge in [0.1, 0.15) is 0 Å². The van der Waals surface area contributed by atoms with Crippen molar-refractivity contribution in [3.63, 3.8) is 0 Å². The molecule has 15 nitrogen and oxygen atoms in total. The smallest absolute Gasteiger partial charge is 0.264 e. The van der Waals surface area contributed by atoms with E-state index in [0.29, 0.717) is 19.8 Å². The van der Waals surface area contributed by atoms with Crippen molar-refractivity contribution in [1.29, 1.82) is 0 Å². The van der Waals surface area contributed by atoms with Crippen LogP contribution < -0.4 is 0 Å². The number of ether oxygens (including phenoxy) is 6. The van der Waals surface area contributed by atoms with Gasteiger partial charge < -0.3 is 28.4 Å². The van der Waals surface area contributed by atoms with Gasteiger partial charge in [-0.3, -0.25) is 12.5 Å². The van der Waals surface area contributed by atoms with E-state index in [1.165, 1.54) is 0 Å². The van der Waals surface area contributed by atoms with Crippen molar-refractivity contribution in [2.24, 2.45) is 5.41 Å². The summed E-state index contributed by atoms with van der Waals surface area (Å²) >= 11 is 0. The summed E-state index contributed by atoms with van der Waals surface area (Å²) in [6.07, 6.45) is 3.67. The van der Waals surface area contributed by atoms with Crippen molar-refractivity contribution in [2.75, 3.05) is 118 Å². The van der Waals surface area contributed by atoms with Gasteiger partial charge >= 0.3 is 0 Å². The first-order valence-electron chi connectivity index (χ1n) is 12.2. The molecule has 0 rings (SSSR count). The Bertz CT molecular complexity index is 878. The predicted octanol–water partition coefficient (Wildman–Crippen LogP) is -0.589. The summed E-state index contributed by atoms with van der Waals surface area (Å²) in [6, 6.07) is 0. The molecule has 0 radical (unpaired) electrons. The number of hydrogen-bond acceptors (Lipinski definition) is 15. The summed E-state index contributed by atoms with van der Waals surface area (Å²) in [5.74, 6) is 0. The Kier molecular flexibility index (Phi) is 21.0. The molecule has 236 valence electrons. The summed E-state index contributed by atoms with van der Waals surface area (Å²) in [5.41, 5.74) is -0.875. The minimum atomic E-state index is -3.62. The van der Waals surface area contributed by atoms with Crippen LogP contribution in [0.5, 0.6) is 0 Å². The van der Waals surface area contributed by atoms with E-state index in [0.717, 1.165) is 25.2 Å². The zero-order valence-electron chi connectivity index (χ0n) is 23.2. The highest BCUT2D eigenvalue weighted by Gasteiger charge is 2.32. The van der Waals surface area contributed by atoms with Gasteiger partial charge in [0.05, 0.1) is 117 Å². The van der Waals surface area contributed by atoms with Crippen LogP contribution in [0.4, 0.5) is 0 Å². The molecule has 0 fully saturated rings. The highest BCUT2D eigenvalue weighted by atomic mass is 32.2. The Morgan fingerprint density at radius 1 is 0.410 bits per heavy atom. The molecule has 0 aliphatic rings. The maximum atomic E-state index is 11.2.